The summed E-state index contributed by atoms with van der Waals surface area (Å²) in [4.78, 5) is 23.6. The summed E-state index contributed by atoms with van der Waals surface area (Å²) < 4.78 is 15.2. The third kappa shape index (κ3) is 5.81. The normalized spacial score (nSPS) is 13.0. The minimum absolute atomic E-state index is 0.0860. The maximum atomic E-state index is 11.9. The highest BCUT2D eigenvalue weighted by molar-refractivity contribution is 5.89. The number of nitriles is 1. The topological polar surface area (TPSA) is 97.6 Å². The molecule has 7 heteroatoms. The Morgan fingerprint density at radius 1 is 1.27 bits per heavy atom. The minimum atomic E-state index is -1.01. The zero-order chi connectivity index (χ0) is 19.7. The van der Waals surface area contributed by atoms with E-state index in [4.69, 9.17) is 19.5 Å². The van der Waals surface area contributed by atoms with Crippen molar-refractivity contribution < 1.29 is 23.8 Å². The summed E-state index contributed by atoms with van der Waals surface area (Å²) in [5.74, 6) is -0.174. The van der Waals surface area contributed by atoms with Gasteiger partial charge < -0.3 is 19.5 Å². The first-order valence-corrected chi connectivity index (χ1v) is 8.05. The maximum Gasteiger partial charge on any atom is 0.331 e. The number of methoxy groups -OCH3 is 2. The van der Waals surface area contributed by atoms with Crippen LogP contribution in [0.3, 0.4) is 0 Å². The second-order valence-electron chi connectivity index (χ2n) is 6.07. The Bertz CT molecular complexity index is 721. The largest absolute Gasteiger partial charge is 0.493 e. The molecular weight excluding hydrogens is 336 g/mol. The molecule has 0 aliphatic rings. The molecule has 1 aromatic rings. The first-order valence-electron chi connectivity index (χ1n) is 8.05. The van der Waals surface area contributed by atoms with Crippen LogP contribution in [0.25, 0.3) is 6.08 Å². The second kappa shape index (κ2) is 9.47. The average molecular weight is 360 g/mol. The number of carbonyl (C=O) groups is 2. The van der Waals surface area contributed by atoms with Crippen molar-refractivity contribution >= 4 is 18.0 Å². The van der Waals surface area contributed by atoms with Crippen LogP contribution in [0.5, 0.6) is 11.5 Å². The van der Waals surface area contributed by atoms with Crippen molar-refractivity contribution in [3.8, 4) is 17.6 Å². The molecule has 0 fully saturated rings. The van der Waals surface area contributed by atoms with E-state index in [2.05, 4.69) is 11.4 Å². The molecule has 0 radical (unpaired) electrons. The van der Waals surface area contributed by atoms with Gasteiger partial charge in [-0.3, -0.25) is 4.79 Å². The molecule has 0 aromatic heterocycles. The van der Waals surface area contributed by atoms with Crippen molar-refractivity contribution in [2.24, 2.45) is 5.92 Å². The first kappa shape index (κ1) is 21.0. The molecule has 0 spiro atoms. The first-order chi connectivity index (χ1) is 12.3. The SMILES string of the molecule is COc1ccc(/C=C/C(=O)OCC(=O)N[C@@](C)(C#N)C(C)C)cc1OC. The molecule has 0 aliphatic heterocycles. The number of carbonyl (C=O) groups excluding carboxylic acids is 2. The summed E-state index contributed by atoms with van der Waals surface area (Å²) in [6.07, 6.45) is 2.75. The fourth-order valence-corrected chi connectivity index (χ4v) is 1.93. The number of benzene rings is 1. The van der Waals surface area contributed by atoms with Crippen LogP contribution in [0.15, 0.2) is 24.3 Å². The quantitative estimate of drug-likeness (QED) is 0.564. The number of nitrogens with one attached hydrogen (secondary N) is 1. The van der Waals surface area contributed by atoms with Gasteiger partial charge in [0.15, 0.2) is 18.1 Å². The summed E-state index contributed by atoms with van der Waals surface area (Å²) in [7, 11) is 3.05. The van der Waals surface area contributed by atoms with Gasteiger partial charge in [-0.05, 0) is 36.6 Å². The van der Waals surface area contributed by atoms with E-state index < -0.39 is 24.0 Å². The molecule has 1 amide bonds. The van der Waals surface area contributed by atoms with E-state index >= 15 is 0 Å². The fourth-order valence-electron chi connectivity index (χ4n) is 1.93. The summed E-state index contributed by atoms with van der Waals surface area (Å²) in [5, 5.41) is 11.7. The molecule has 7 nitrogen and oxygen atoms in total. The molecule has 26 heavy (non-hydrogen) atoms. The lowest BCUT2D eigenvalue weighted by atomic mass is 9.90. The molecule has 0 bridgehead atoms. The van der Waals surface area contributed by atoms with E-state index in [9.17, 15) is 9.59 Å². The second-order valence-corrected chi connectivity index (χ2v) is 6.07. The van der Waals surface area contributed by atoms with Crippen LogP contribution in [-0.2, 0) is 14.3 Å². The molecule has 1 atom stereocenters. The number of esters is 1. The van der Waals surface area contributed by atoms with Gasteiger partial charge in [-0.15, -0.1) is 0 Å². The highest BCUT2D eigenvalue weighted by atomic mass is 16.5. The molecule has 1 N–H and O–H groups in total. The van der Waals surface area contributed by atoms with Crippen LogP contribution >= 0.6 is 0 Å². The number of hydrogen-bond acceptors (Lipinski definition) is 6. The Balaban J connectivity index is 2.61. The van der Waals surface area contributed by atoms with E-state index in [-0.39, 0.29) is 5.92 Å². The molecular formula is C19H24N2O5. The van der Waals surface area contributed by atoms with Crippen molar-refractivity contribution in [3.63, 3.8) is 0 Å². The predicted octanol–water partition coefficient (Wildman–Crippen LogP) is 2.31. The summed E-state index contributed by atoms with van der Waals surface area (Å²) >= 11 is 0. The molecule has 1 rings (SSSR count). The van der Waals surface area contributed by atoms with E-state index in [1.165, 1.54) is 26.4 Å². The predicted molar refractivity (Wildman–Crippen MR) is 96.5 cm³/mol. The number of ether oxygens (including phenoxy) is 3. The number of hydrogen-bond donors (Lipinski definition) is 1. The Morgan fingerprint density at radius 2 is 1.92 bits per heavy atom. The van der Waals surface area contributed by atoms with Crippen molar-refractivity contribution in [1.29, 1.82) is 5.26 Å². The fraction of sp³-hybridized carbons (Fsp3) is 0.421. The molecule has 0 aliphatic carbocycles. The monoisotopic (exact) mass is 360 g/mol. The number of rotatable bonds is 8. The van der Waals surface area contributed by atoms with Crippen molar-refractivity contribution in [3.05, 3.63) is 29.8 Å². The van der Waals surface area contributed by atoms with Gasteiger partial charge in [-0.2, -0.15) is 5.26 Å². The summed E-state index contributed by atoms with van der Waals surface area (Å²) in [5.41, 5.74) is -0.306. The van der Waals surface area contributed by atoms with Gasteiger partial charge in [0.25, 0.3) is 5.91 Å². The van der Waals surface area contributed by atoms with E-state index in [1.54, 1.807) is 25.1 Å². The van der Waals surface area contributed by atoms with Crippen LogP contribution in [0, 0.1) is 17.2 Å². The molecule has 0 saturated heterocycles. The van der Waals surface area contributed by atoms with Crippen LogP contribution in [0.4, 0.5) is 0 Å². The Hall–Kier alpha value is -3.01. The lowest BCUT2D eigenvalue weighted by molar-refractivity contribution is -0.144. The minimum Gasteiger partial charge on any atom is -0.493 e. The summed E-state index contributed by atoms with van der Waals surface area (Å²) in [6, 6.07) is 7.22. The lowest BCUT2D eigenvalue weighted by Gasteiger charge is -2.27. The third-order valence-electron chi connectivity index (χ3n) is 3.95. The van der Waals surface area contributed by atoms with Gasteiger partial charge in [0.1, 0.15) is 5.54 Å². The Labute approximate surface area is 153 Å². The van der Waals surface area contributed by atoms with Crippen molar-refractivity contribution in [2.45, 2.75) is 26.3 Å². The van der Waals surface area contributed by atoms with Crippen molar-refractivity contribution in [1.82, 2.24) is 5.32 Å². The Kier molecular flexibility index (Phi) is 7.66. The smallest absolute Gasteiger partial charge is 0.331 e. The molecule has 140 valence electrons. The molecule has 1 aromatic carbocycles. The standard InChI is InChI=1S/C19H24N2O5/c1-13(2)19(3,12-20)21-17(22)11-26-18(23)9-7-14-6-8-15(24-4)16(10-14)25-5/h6-10,13H,11H2,1-5H3,(H,21,22)/b9-7+/t19-/m0/s1. The third-order valence-corrected chi connectivity index (χ3v) is 3.95. The van der Waals surface area contributed by atoms with Gasteiger partial charge in [0.05, 0.1) is 20.3 Å². The summed E-state index contributed by atoms with van der Waals surface area (Å²) in [6.45, 7) is 4.80. The molecule has 0 heterocycles. The maximum absolute atomic E-state index is 11.9. The molecule has 0 unspecified atom stereocenters. The Morgan fingerprint density at radius 3 is 2.46 bits per heavy atom. The highest BCUT2D eigenvalue weighted by Crippen LogP contribution is 2.27. The van der Waals surface area contributed by atoms with Gasteiger partial charge in [-0.25, -0.2) is 4.79 Å². The zero-order valence-corrected chi connectivity index (χ0v) is 15.7. The van der Waals surface area contributed by atoms with Crippen LogP contribution in [-0.4, -0.2) is 38.2 Å². The van der Waals surface area contributed by atoms with Gasteiger partial charge in [0.2, 0.25) is 0 Å². The highest BCUT2D eigenvalue weighted by Gasteiger charge is 2.30. The average Bonchev–Trinajstić information content (AvgIpc) is 2.63. The number of amides is 1. The number of nitrogens with zero attached hydrogens (tertiary/aromatic N) is 1. The van der Waals surface area contributed by atoms with Gasteiger partial charge >= 0.3 is 5.97 Å². The molecule has 0 saturated carbocycles. The van der Waals surface area contributed by atoms with Crippen LogP contribution in [0.1, 0.15) is 26.3 Å². The van der Waals surface area contributed by atoms with Crippen LogP contribution < -0.4 is 14.8 Å². The van der Waals surface area contributed by atoms with E-state index in [1.807, 2.05) is 13.8 Å². The lowest BCUT2D eigenvalue weighted by Crippen LogP contribution is -2.50. The van der Waals surface area contributed by atoms with Gasteiger partial charge in [-0.1, -0.05) is 19.9 Å². The van der Waals surface area contributed by atoms with Gasteiger partial charge in [0, 0.05) is 6.08 Å². The van der Waals surface area contributed by atoms with E-state index in [0.29, 0.717) is 17.1 Å². The zero-order valence-electron chi connectivity index (χ0n) is 15.7. The van der Waals surface area contributed by atoms with Crippen molar-refractivity contribution in [2.75, 3.05) is 20.8 Å². The van der Waals surface area contributed by atoms with E-state index in [0.717, 1.165) is 0 Å². The van der Waals surface area contributed by atoms with Crippen LogP contribution in [0.2, 0.25) is 0 Å².